The van der Waals surface area contributed by atoms with Crippen LogP contribution in [0.25, 0.3) is 0 Å². The summed E-state index contributed by atoms with van der Waals surface area (Å²) in [7, 11) is 0. The number of hydrogen-bond acceptors (Lipinski definition) is 3. The lowest BCUT2D eigenvalue weighted by Crippen LogP contribution is -2.46. The molecule has 0 unspecified atom stereocenters. The fourth-order valence-corrected chi connectivity index (χ4v) is 4.82. The Bertz CT molecular complexity index is 807. The van der Waals surface area contributed by atoms with E-state index < -0.39 is 0 Å². The Hall–Kier alpha value is -1.75. The van der Waals surface area contributed by atoms with Gasteiger partial charge in [-0.1, -0.05) is 54.1 Å². The molecular formula is C22H26Cl2N2O2. The van der Waals surface area contributed by atoms with Crippen LogP contribution in [-0.4, -0.2) is 30.2 Å². The molecule has 0 radical (unpaired) electrons. The first-order chi connectivity index (χ1) is 13.1. The first-order valence-electron chi connectivity index (χ1n) is 9.59. The fraction of sp³-hybridized carbons (Fsp3) is 0.409. The predicted molar refractivity (Wildman–Crippen MR) is 114 cm³/mol. The van der Waals surface area contributed by atoms with E-state index in [4.69, 9.17) is 22.1 Å². The van der Waals surface area contributed by atoms with E-state index in [2.05, 4.69) is 18.2 Å². The van der Waals surface area contributed by atoms with Crippen LogP contribution in [-0.2, 0) is 10.2 Å². The first-order valence-corrected chi connectivity index (χ1v) is 9.97. The van der Waals surface area contributed by atoms with Crippen LogP contribution in [0.5, 0.6) is 0 Å². The van der Waals surface area contributed by atoms with Crippen molar-refractivity contribution in [1.29, 1.82) is 0 Å². The number of nitrogens with two attached hydrogens (primary N) is 1. The highest BCUT2D eigenvalue weighted by Crippen LogP contribution is 2.43. The highest BCUT2D eigenvalue weighted by atomic mass is 35.5. The van der Waals surface area contributed by atoms with Crippen LogP contribution in [0.2, 0.25) is 5.02 Å². The summed E-state index contributed by atoms with van der Waals surface area (Å²) < 4.78 is 5.41. The van der Waals surface area contributed by atoms with Crippen molar-refractivity contribution < 1.29 is 9.53 Å². The van der Waals surface area contributed by atoms with E-state index in [1.54, 1.807) is 0 Å². The van der Waals surface area contributed by atoms with E-state index in [0.29, 0.717) is 13.2 Å². The highest BCUT2D eigenvalue weighted by Gasteiger charge is 2.44. The number of cyclic esters (lactones) is 1. The van der Waals surface area contributed by atoms with Crippen LogP contribution in [0.3, 0.4) is 0 Å². The summed E-state index contributed by atoms with van der Waals surface area (Å²) in [6.45, 7) is 1.02. The van der Waals surface area contributed by atoms with E-state index in [0.717, 1.165) is 36.3 Å². The summed E-state index contributed by atoms with van der Waals surface area (Å²) in [4.78, 5) is 14.4. The second-order valence-corrected chi connectivity index (χ2v) is 8.07. The second kappa shape index (κ2) is 8.73. The van der Waals surface area contributed by atoms with Crippen LogP contribution >= 0.6 is 24.0 Å². The van der Waals surface area contributed by atoms with E-state index in [-0.39, 0.29) is 36.0 Å². The quantitative estimate of drug-likeness (QED) is 0.748. The van der Waals surface area contributed by atoms with Crippen molar-refractivity contribution in [2.75, 3.05) is 13.2 Å². The average Bonchev–Trinajstić information content (AvgIpc) is 3.10. The number of carbonyl (C=O) groups is 1. The van der Waals surface area contributed by atoms with Crippen LogP contribution in [0.4, 0.5) is 4.79 Å². The molecule has 2 aromatic carbocycles. The molecule has 1 saturated heterocycles. The molecule has 0 aromatic heterocycles. The monoisotopic (exact) mass is 420 g/mol. The summed E-state index contributed by atoms with van der Waals surface area (Å²) in [5.74, 6) is 0. The largest absolute Gasteiger partial charge is 0.447 e. The van der Waals surface area contributed by atoms with Crippen molar-refractivity contribution in [2.45, 2.75) is 43.2 Å². The van der Waals surface area contributed by atoms with Gasteiger partial charge in [0.2, 0.25) is 0 Å². The zero-order valence-electron chi connectivity index (χ0n) is 15.7. The van der Waals surface area contributed by atoms with Gasteiger partial charge in [0.05, 0.1) is 6.04 Å². The molecule has 2 aliphatic rings. The van der Waals surface area contributed by atoms with Gasteiger partial charge in [-0.15, -0.1) is 12.4 Å². The Morgan fingerprint density at radius 3 is 2.46 bits per heavy atom. The Morgan fingerprint density at radius 1 is 1.11 bits per heavy atom. The van der Waals surface area contributed by atoms with Gasteiger partial charge in [0.25, 0.3) is 0 Å². The van der Waals surface area contributed by atoms with Crippen molar-refractivity contribution in [3.05, 3.63) is 70.7 Å². The number of amides is 1. The molecule has 0 spiro atoms. The Kier molecular flexibility index (Phi) is 6.54. The zero-order valence-corrected chi connectivity index (χ0v) is 17.3. The number of rotatable bonds is 4. The summed E-state index contributed by atoms with van der Waals surface area (Å²) in [6, 6.07) is 18.4. The molecule has 150 valence electrons. The SMILES string of the molecule is Cl.NCC1(c2cccc(Cl)c2)CCC(N2C(=O)OC[C@@H]2c2ccccc2)CC1. The predicted octanol–water partition coefficient (Wildman–Crippen LogP) is 5.09. The molecule has 6 heteroatoms. The van der Waals surface area contributed by atoms with Crippen LogP contribution in [0.15, 0.2) is 54.6 Å². The number of ether oxygens (including phenoxy) is 1. The van der Waals surface area contributed by atoms with Crippen molar-refractivity contribution in [3.63, 3.8) is 0 Å². The maximum atomic E-state index is 12.5. The molecule has 1 amide bonds. The number of nitrogens with zero attached hydrogens (tertiary/aromatic N) is 1. The van der Waals surface area contributed by atoms with E-state index in [1.807, 2.05) is 41.3 Å². The van der Waals surface area contributed by atoms with Gasteiger partial charge in [0.15, 0.2) is 0 Å². The van der Waals surface area contributed by atoms with Crippen molar-refractivity contribution in [2.24, 2.45) is 5.73 Å². The molecule has 1 heterocycles. The smallest absolute Gasteiger partial charge is 0.410 e. The molecule has 1 atom stereocenters. The number of carbonyl (C=O) groups excluding carboxylic acids is 1. The Morgan fingerprint density at radius 2 is 1.82 bits per heavy atom. The number of hydrogen-bond donors (Lipinski definition) is 1. The number of benzene rings is 2. The minimum Gasteiger partial charge on any atom is -0.447 e. The van der Waals surface area contributed by atoms with Gasteiger partial charge >= 0.3 is 6.09 Å². The van der Waals surface area contributed by atoms with Crippen molar-refractivity contribution >= 4 is 30.1 Å². The van der Waals surface area contributed by atoms with E-state index >= 15 is 0 Å². The lowest BCUT2D eigenvalue weighted by molar-refractivity contribution is 0.117. The van der Waals surface area contributed by atoms with Crippen LogP contribution in [0, 0.1) is 0 Å². The standard InChI is InChI=1S/C22H25ClN2O2.ClH/c23-18-8-4-7-17(13-18)22(15-24)11-9-19(10-12-22)25-20(14-27-21(25)26)16-5-2-1-3-6-16;/h1-8,13,19-20H,9-12,14-15,24H2;1H/t19?,20-,22?;/m1./s1. The van der Waals surface area contributed by atoms with Gasteiger partial charge in [-0.3, -0.25) is 4.90 Å². The third kappa shape index (κ3) is 3.86. The highest BCUT2D eigenvalue weighted by molar-refractivity contribution is 6.30. The summed E-state index contributed by atoms with van der Waals surface area (Å²) >= 11 is 6.21. The third-order valence-corrected chi connectivity index (χ3v) is 6.46. The van der Waals surface area contributed by atoms with Crippen LogP contribution < -0.4 is 5.73 Å². The molecule has 1 aliphatic carbocycles. The zero-order chi connectivity index (χ0) is 18.9. The molecule has 4 rings (SSSR count). The number of halogens is 2. The molecule has 1 saturated carbocycles. The minimum atomic E-state index is -0.197. The fourth-order valence-electron chi connectivity index (χ4n) is 4.63. The lowest BCUT2D eigenvalue weighted by atomic mass is 9.68. The summed E-state index contributed by atoms with van der Waals surface area (Å²) in [5.41, 5.74) is 8.50. The van der Waals surface area contributed by atoms with Gasteiger partial charge in [-0.05, 0) is 48.9 Å². The first kappa shape index (κ1) is 21.0. The molecule has 4 nitrogen and oxygen atoms in total. The van der Waals surface area contributed by atoms with E-state index in [1.165, 1.54) is 5.56 Å². The molecule has 1 aliphatic heterocycles. The van der Waals surface area contributed by atoms with Gasteiger partial charge in [-0.25, -0.2) is 4.79 Å². The molecule has 28 heavy (non-hydrogen) atoms. The van der Waals surface area contributed by atoms with Gasteiger partial charge < -0.3 is 10.5 Å². The Balaban J connectivity index is 0.00000225. The molecule has 2 N–H and O–H groups in total. The van der Waals surface area contributed by atoms with Gasteiger partial charge in [0, 0.05) is 23.0 Å². The third-order valence-electron chi connectivity index (χ3n) is 6.23. The normalized spacial score (nSPS) is 27.2. The summed E-state index contributed by atoms with van der Waals surface area (Å²) in [5, 5.41) is 0.745. The molecule has 2 aromatic rings. The van der Waals surface area contributed by atoms with Crippen molar-refractivity contribution in [1.82, 2.24) is 4.90 Å². The van der Waals surface area contributed by atoms with Gasteiger partial charge in [0.1, 0.15) is 6.61 Å². The van der Waals surface area contributed by atoms with Crippen molar-refractivity contribution in [3.8, 4) is 0 Å². The lowest BCUT2D eigenvalue weighted by Gasteiger charge is -2.43. The minimum absolute atomic E-state index is 0. The Labute approximate surface area is 177 Å². The maximum absolute atomic E-state index is 12.5. The average molecular weight is 421 g/mol. The van der Waals surface area contributed by atoms with Gasteiger partial charge in [-0.2, -0.15) is 0 Å². The topological polar surface area (TPSA) is 55.6 Å². The second-order valence-electron chi connectivity index (χ2n) is 7.64. The van der Waals surface area contributed by atoms with Crippen LogP contribution in [0.1, 0.15) is 42.9 Å². The molecule has 0 bridgehead atoms. The van der Waals surface area contributed by atoms with E-state index in [9.17, 15) is 4.79 Å². The molecule has 2 fully saturated rings. The maximum Gasteiger partial charge on any atom is 0.410 e. The molecular weight excluding hydrogens is 395 g/mol. The summed E-state index contributed by atoms with van der Waals surface area (Å²) in [6.07, 6.45) is 3.53.